The third-order valence-corrected chi connectivity index (χ3v) is 7.34. The second kappa shape index (κ2) is 11.8. The number of ether oxygens (including phenoxy) is 2. The molecule has 0 radical (unpaired) electrons. The molecule has 6 nitrogen and oxygen atoms in total. The van der Waals surface area contributed by atoms with Crippen LogP contribution in [0.5, 0.6) is 0 Å². The van der Waals surface area contributed by atoms with E-state index in [4.69, 9.17) is 9.47 Å². The summed E-state index contributed by atoms with van der Waals surface area (Å²) in [4.78, 5) is 27.4. The van der Waals surface area contributed by atoms with Crippen LogP contribution in [0.15, 0.2) is 36.4 Å². The molecule has 2 aromatic rings. The molecule has 1 aliphatic heterocycles. The van der Waals surface area contributed by atoms with Gasteiger partial charge in [0.2, 0.25) is 0 Å². The SMILES string of the molecule is CCCOC(=O)C1[C@H](C2CC2)Nc2ccc(C(F)(F)F)cc2[C@H]1N(Cc1cc(C(F)(F)F)cc(C(F)(F)F)c1)C(=O)OC. The van der Waals surface area contributed by atoms with Gasteiger partial charge in [0.25, 0.3) is 0 Å². The number of anilines is 1. The summed E-state index contributed by atoms with van der Waals surface area (Å²) >= 11 is 0. The maximum Gasteiger partial charge on any atom is 0.416 e. The standard InChI is InChI=1S/C28H27F9N2O4/c1-3-8-43-24(40)21-22(15-4-5-15)38-20-7-6-16(26(29,30)31)12-19(20)23(21)39(25(41)42-2)13-14-9-17(27(32,33)34)11-18(10-14)28(35,36)37/h6-7,9-12,15,21-23,38H,3-5,8,13H2,1-2H3/t21?,22-,23+/m0/s1. The molecule has 43 heavy (non-hydrogen) atoms. The highest BCUT2D eigenvalue weighted by Gasteiger charge is 2.52. The van der Waals surface area contributed by atoms with Gasteiger partial charge in [0.1, 0.15) is 5.92 Å². The Bertz CT molecular complexity index is 1320. The lowest BCUT2D eigenvalue weighted by molar-refractivity contribution is -0.152. The van der Waals surface area contributed by atoms with Crippen molar-refractivity contribution in [1.29, 1.82) is 0 Å². The van der Waals surface area contributed by atoms with Crippen LogP contribution in [0.4, 0.5) is 50.0 Å². The number of carbonyl (C=O) groups excluding carboxylic acids is 2. The predicted molar refractivity (Wildman–Crippen MR) is 133 cm³/mol. The number of halogens is 9. The molecule has 1 saturated carbocycles. The number of hydrogen-bond acceptors (Lipinski definition) is 5. The first-order valence-corrected chi connectivity index (χ1v) is 13.2. The summed E-state index contributed by atoms with van der Waals surface area (Å²) in [6, 6.07) is 0.935. The highest BCUT2D eigenvalue weighted by atomic mass is 19.4. The third kappa shape index (κ3) is 7.12. The third-order valence-electron chi connectivity index (χ3n) is 7.34. The Morgan fingerprint density at radius 1 is 0.884 bits per heavy atom. The number of carbonyl (C=O) groups is 2. The van der Waals surface area contributed by atoms with Gasteiger partial charge in [-0.05, 0) is 72.7 Å². The van der Waals surface area contributed by atoms with Crippen LogP contribution in [-0.4, -0.2) is 36.7 Å². The molecular weight excluding hydrogens is 599 g/mol. The van der Waals surface area contributed by atoms with Crippen molar-refractivity contribution in [3.8, 4) is 0 Å². The van der Waals surface area contributed by atoms with Gasteiger partial charge in [-0.25, -0.2) is 4.79 Å². The highest BCUT2D eigenvalue weighted by Crippen LogP contribution is 2.50. The average molecular weight is 627 g/mol. The Balaban J connectivity index is 1.93. The van der Waals surface area contributed by atoms with E-state index in [-0.39, 0.29) is 29.8 Å². The Hall–Kier alpha value is -3.65. The van der Waals surface area contributed by atoms with Crippen LogP contribution in [-0.2, 0) is 39.3 Å². The molecule has 15 heteroatoms. The van der Waals surface area contributed by atoms with E-state index >= 15 is 0 Å². The topological polar surface area (TPSA) is 67.9 Å². The van der Waals surface area contributed by atoms with Crippen LogP contribution in [0.25, 0.3) is 0 Å². The quantitative estimate of drug-likeness (QED) is 0.251. The molecule has 0 spiro atoms. The average Bonchev–Trinajstić information content (AvgIpc) is 3.77. The number of alkyl halides is 9. The molecule has 4 rings (SSSR count). The molecule has 1 fully saturated rings. The Morgan fingerprint density at radius 3 is 1.95 bits per heavy atom. The van der Waals surface area contributed by atoms with E-state index in [1.165, 1.54) is 0 Å². The zero-order valence-electron chi connectivity index (χ0n) is 22.8. The Labute approximate surface area is 240 Å². The second-order valence-corrected chi connectivity index (χ2v) is 10.5. The van der Waals surface area contributed by atoms with Gasteiger partial charge < -0.3 is 14.8 Å². The molecule has 1 aliphatic carbocycles. The van der Waals surface area contributed by atoms with E-state index in [0.29, 0.717) is 42.4 Å². The lowest BCUT2D eigenvalue weighted by Crippen LogP contribution is -2.51. The van der Waals surface area contributed by atoms with Crippen LogP contribution < -0.4 is 5.32 Å². The smallest absolute Gasteiger partial charge is 0.416 e. The Morgan fingerprint density at radius 2 is 1.47 bits per heavy atom. The van der Waals surface area contributed by atoms with Crippen LogP contribution in [0.1, 0.15) is 60.0 Å². The van der Waals surface area contributed by atoms with Crippen LogP contribution in [0, 0.1) is 11.8 Å². The predicted octanol–water partition coefficient (Wildman–Crippen LogP) is 7.83. The summed E-state index contributed by atoms with van der Waals surface area (Å²) in [5.74, 6) is -2.43. The first kappa shape index (κ1) is 32.3. The summed E-state index contributed by atoms with van der Waals surface area (Å²) in [6.45, 7) is 0.657. The molecule has 0 saturated heterocycles. The molecular formula is C28H27F9N2O4. The lowest BCUT2D eigenvalue weighted by atomic mass is 9.78. The fourth-order valence-corrected chi connectivity index (χ4v) is 5.28. The molecule has 1 amide bonds. The van der Waals surface area contributed by atoms with Crippen molar-refractivity contribution in [3.63, 3.8) is 0 Å². The summed E-state index contributed by atoms with van der Waals surface area (Å²) in [6.07, 6.45) is -14.9. The van der Waals surface area contributed by atoms with E-state index < -0.39 is 77.4 Å². The largest absolute Gasteiger partial charge is 0.465 e. The van der Waals surface area contributed by atoms with Crippen LogP contribution >= 0.6 is 0 Å². The van der Waals surface area contributed by atoms with Gasteiger partial charge >= 0.3 is 30.6 Å². The summed E-state index contributed by atoms with van der Waals surface area (Å²) in [5, 5.41) is 3.06. The molecule has 3 atom stereocenters. The zero-order valence-corrected chi connectivity index (χ0v) is 22.8. The monoisotopic (exact) mass is 626 g/mol. The van der Waals surface area contributed by atoms with E-state index in [2.05, 4.69) is 5.32 Å². The number of esters is 1. The Kier molecular flexibility index (Phi) is 8.85. The number of nitrogens with zero attached hydrogens (tertiary/aromatic N) is 1. The normalized spacial score (nSPS) is 20.6. The van der Waals surface area contributed by atoms with E-state index in [9.17, 15) is 49.1 Å². The minimum absolute atomic E-state index is 0.0737. The van der Waals surface area contributed by atoms with Crippen molar-refractivity contribution < 1.29 is 58.6 Å². The summed E-state index contributed by atoms with van der Waals surface area (Å²) in [5.41, 5.74) is -5.19. The zero-order chi connectivity index (χ0) is 31.9. The maximum atomic E-state index is 13.8. The first-order chi connectivity index (χ1) is 20.0. The van der Waals surface area contributed by atoms with Crippen molar-refractivity contribution in [3.05, 3.63) is 64.2 Å². The van der Waals surface area contributed by atoms with Crippen molar-refractivity contribution >= 4 is 17.7 Å². The van der Waals surface area contributed by atoms with E-state index in [1.54, 1.807) is 6.92 Å². The van der Waals surface area contributed by atoms with Crippen molar-refractivity contribution in [1.82, 2.24) is 4.90 Å². The highest BCUT2D eigenvalue weighted by molar-refractivity contribution is 5.80. The molecule has 2 aromatic carbocycles. The molecule has 236 valence electrons. The van der Waals surface area contributed by atoms with Gasteiger partial charge in [-0.3, -0.25) is 9.69 Å². The molecule has 0 aromatic heterocycles. The van der Waals surface area contributed by atoms with E-state index in [1.807, 2.05) is 0 Å². The number of methoxy groups -OCH3 is 1. The second-order valence-electron chi connectivity index (χ2n) is 10.5. The fraction of sp³-hybridized carbons (Fsp3) is 0.500. The van der Waals surface area contributed by atoms with Crippen LogP contribution in [0.3, 0.4) is 0 Å². The molecule has 1 N–H and O–H groups in total. The van der Waals surface area contributed by atoms with Crippen molar-refractivity contribution in [2.24, 2.45) is 11.8 Å². The molecule has 2 aliphatic rings. The number of amides is 1. The van der Waals surface area contributed by atoms with Crippen LogP contribution in [0.2, 0.25) is 0 Å². The maximum absolute atomic E-state index is 13.8. The fourth-order valence-electron chi connectivity index (χ4n) is 5.28. The van der Waals surface area contributed by atoms with Crippen molar-refractivity contribution in [2.75, 3.05) is 19.0 Å². The summed E-state index contributed by atoms with van der Waals surface area (Å²) in [7, 11) is 0.888. The number of nitrogens with one attached hydrogen (secondary N) is 1. The van der Waals surface area contributed by atoms with Gasteiger partial charge in [-0.15, -0.1) is 0 Å². The van der Waals surface area contributed by atoms with E-state index in [0.717, 1.165) is 19.2 Å². The number of hydrogen-bond donors (Lipinski definition) is 1. The first-order valence-electron chi connectivity index (χ1n) is 13.2. The number of benzene rings is 2. The van der Waals surface area contributed by atoms with Gasteiger partial charge in [0, 0.05) is 18.3 Å². The van der Waals surface area contributed by atoms with Gasteiger partial charge in [0.15, 0.2) is 0 Å². The number of fused-ring (bicyclic) bond motifs is 1. The molecule has 0 bridgehead atoms. The minimum Gasteiger partial charge on any atom is -0.465 e. The van der Waals surface area contributed by atoms with Gasteiger partial charge in [0.05, 0.1) is 36.4 Å². The summed E-state index contributed by atoms with van der Waals surface area (Å²) < 4.78 is 133. The molecule has 1 unspecified atom stereocenters. The minimum atomic E-state index is -5.20. The lowest BCUT2D eigenvalue weighted by Gasteiger charge is -2.44. The molecule has 1 heterocycles. The van der Waals surface area contributed by atoms with Crippen molar-refractivity contribution in [2.45, 2.75) is 63.3 Å². The van der Waals surface area contributed by atoms with Gasteiger partial charge in [-0.2, -0.15) is 39.5 Å². The van der Waals surface area contributed by atoms with Gasteiger partial charge in [-0.1, -0.05) is 6.92 Å². The number of rotatable bonds is 7.